The molecule has 1 aliphatic rings. The van der Waals surface area contributed by atoms with Crippen LogP contribution in [0, 0.1) is 0 Å². The molecule has 5 nitrogen and oxygen atoms in total. The molecule has 38 heavy (non-hydrogen) atoms. The first-order valence-corrected chi connectivity index (χ1v) is 17.3. The third-order valence-electron chi connectivity index (χ3n) is 6.25. The van der Waals surface area contributed by atoms with Crippen LogP contribution in [-0.2, 0) is 4.57 Å². The van der Waals surface area contributed by atoms with Gasteiger partial charge in [-0.2, -0.15) is 9.37 Å². The predicted octanol–water partition coefficient (Wildman–Crippen LogP) is 7.31. The number of hydrogen-bond donors (Lipinski definition) is 1. The van der Waals surface area contributed by atoms with Crippen LogP contribution in [0.1, 0.15) is 0 Å². The van der Waals surface area contributed by atoms with Gasteiger partial charge in [-0.1, -0.05) is 140 Å². The van der Waals surface area contributed by atoms with Crippen molar-refractivity contribution in [3.8, 4) is 5.75 Å². The molecule has 1 N–H and O–H groups in total. The molecule has 1 atom stereocenters. The fourth-order valence-corrected chi connectivity index (χ4v) is 17.5. The van der Waals surface area contributed by atoms with E-state index in [2.05, 4.69) is 29.1 Å². The molecule has 1 heterocycles. The molecule has 0 bridgehead atoms. The number of benzene rings is 5. The van der Waals surface area contributed by atoms with Crippen LogP contribution in [-0.4, -0.2) is 0 Å². The van der Waals surface area contributed by atoms with E-state index in [0.717, 1.165) is 21.2 Å². The Morgan fingerprint density at radius 3 is 1.26 bits per heavy atom. The molecule has 6 rings (SSSR count). The number of nitrogens with one attached hydrogen (secondary N) is 1. The second kappa shape index (κ2) is 10.4. The third-order valence-corrected chi connectivity index (χ3v) is 17.1. The molecule has 8 heteroatoms. The van der Waals surface area contributed by atoms with Crippen LogP contribution in [0.15, 0.2) is 161 Å². The second-order valence-corrected chi connectivity index (χ2v) is 16.8. The van der Waals surface area contributed by atoms with Gasteiger partial charge in [-0.15, -0.1) is 0 Å². The Morgan fingerprint density at radius 1 is 0.474 bits per heavy atom. The molecule has 1 aliphatic heterocycles. The second-order valence-electron chi connectivity index (χ2n) is 8.78. The molecule has 0 amide bonds. The quantitative estimate of drug-likeness (QED) is 0.224. The van der Waals surface area contributed by atoms with Gasteiger partial charge in [0.05, 0.1) is 0 Å². The summed E-state index contributed by atoms with van der Waals surface area (Å²) in [5.74, 6) is 0.493. The van der Waals surface area contributed by atoms with Gasteiger partial charge in [-0.3, -0.25) is 0 Å². The summed E-state index contributed by atoms with van der Waals surface area (Å²) in [6.07, 6.45) is 0. The molecule has 0 fully saturated rings. The molecule has 5 aromatic rings. The summed E-state index contributed by atoms with van der Waals surface area (Å²) in [7, 11) is -9.68. The van der Waals surface area contributed by atoms with E-state index >= 15 is 4.57 Å². The van der Waals surface area contributed by atoms with Crippen molar-refractivity contribution >= 4 is 43.3 Å². The molecule has 0 radical (unpaired) electrons. The maximum Gasteiger partial charge on any atom is 0.444 e. The number of hydrogen-bond acceptors (Lipinski definition) is 3. The smallest absolute Gasteiger partial charge is 0.417 e. The van der Waals surface area contributed by atoms with Crippen molar-refractivity contribution in [2.75, 3.05) is 0 Å². The monoisotopic (exact) mass is 553 g/mol. The van der Waals surface area contributed by atoms with Gasteiger partial charge in [0.25, 0.3) is 0 Å². The van der Waals surface area contributed by atoms with Crippen LogP contribution >= 0.6 is 22.1 Å². The molecule has 0 aromatic heterocycles. The fraction of sp³-hybridized carbons (Fsp3) is 0. The summed E-state index contributed by atoms with van der Waals surface area (Å²) < 4.78 is 32.2. The average molecular weight is 553 g/mol. The minimum absolute atomic E-state index is 0.493. The van der Waals surface area contributed by atoms with Crippen molar-refractivity contribution in [2.24, 2.45) is 9.03 Å². The Kier molecular flexibility index (Phi) is 6.78. The highest BCUT2D eigenvalue weighted by Crippen LogP contribution is 2.73. The molecule has 0 saturated carbocycles. The Morgan fingerprint density at radius 2 is 0.842 bits per heavy atom. The molecule has 0 aliphatic carbocycles. The fourth-order valence-electron chi connectivity index (χ4n) is 4.55. The van der Waals surface area contributed by atoms with E-state index < -0.39 is 22.1 Å². The van der Waals surface area contributed by atoms with E-state index in [1.54, 1.807) is 12.1 Å². The zero-order valence-electron chi connectivity index (χ0n) is 20.5. The Bertz CT molecular complexity index is 1610. The van der Waals surface area contributed by atoms with Crippen molar-refractivity contribution < 1.29 is 9.09 Å². The summed E-state index contributed by atoms with van der Waals surface area (Å²) in [6.45, 7) is 0. The predicted molar refractivity (Wildman–Crippen MR) is 161 cm³/mol. The Labute approximate surface area is 223 Å². The van der Waals surface area contributed by atoms with Crippen LogP contribution in [0.5, 0.6) is 5.75 Å². The van der Waals surface area contributed by atoms with Crippen LogP contribution in [0.4, 0.5) is 0 Å². The highest BCUT2D eigenvalue weighted by Gasteiger charge is 2.45. The first-order chi connectivity index (χ1) is 18.6. The van der Waals surface area contributed by atoms with Crippen molar-refractivity contribution in [2.45, 2.75) is 0 Å². The topological polar surface area (TPSA) is 63.0 Å². The van der Waals surface area contributed by atoms with Crippen molar-refractivity contribution in [3.63, 3.8) is 0 Å². The largest absolute Gasteiger partial charge is 0.444 e. The highest BCUT2D eigenvalue weighted by molar-refractivity contribution is 7.97. The van der Waals surface area contributed by atoms with Gasteiger partial charge in [0.15, 0.2) is 0 Å². The van der Waals surface area contributed by atoms with Gasteiger partial charge in [-0.25, -0.2) is 9.08 Å². The van der Waals surface area contributed by atoms with Gasteiger partial charge < -0.3 is 4.52 Å². The minimum atomic E-state index is -3.86. The average Bonchev–Trinajstić information content (AvgIpc) is 2.99. The molecular formula is C30H26N3O2P3. The first kappa shape index (κ1) is 24.9. The summed E-state index contributed by atoms with van der Waals surface area (Å²) >= 11 is 0. The number of para-hydroxylation sites is 1. The molecule has 1 unspecified atom stereocenters. The van der Waals surface area contributed by atoms with Crippen molar-refractivity contribution in [1.82, 2.24) is 4.86 Å². The van der Waals surface area contributed by atoms with Gasteiger partial charge in [-0.05, 0) is 12.1 Å². The highest BCUT2D eigenvalue weighted by atomic mass is 31.3. The van der Waals surface area contributed by atoms with Crippen LogP contribution < -0.4 is 30.6 Å². The summed E-state index contributed by atoms with van der Waals surface area (Å²) in [5, 5.41) is 3.80. The lowest BCUT2D eigenvalue weighted by Gasteiger charge is -2.38. The van der Waals surface area contributed by atoms with Crippen LogP contribution in [0.3, 0.4) is 0 Å². The zero-order valence-corrected chi connectivity index (χ0v) is 23.2. The standard InChI is InChI=1S/C30H26N3O2P3/c34-38(35-26-16-6-1-7-17-26)32-36(27-18-8-2-9-19-27,28-20-10-3-11-21-28)31-37(33-38,29-22-12-4-13-23-29)30-24-14-5-15-25-30/h1-25H,(H,32,34). The lowest BCUT2D eigenvalue weighted by molar-refractivity contribution is 0.480. The van der Waals surface area contributed by atoms with Gasteiger partial charge in [0, 0.05) is 21.2 Å². The van der Waals surface area contributed by atoms with Crippen LogP contribution in [0.25, 0.3) is 0 Å². The SMILES string of the molecule is O=P1(Oc2ccccc2)N=P(c2ccccc2)(c2ccccc2)N=P(c2ccccc2)(c2ccccc2)N1. The summed E-state index contributed by atoms with van der Waals surface area (Å²) in [5.41, 5.74) is 0. The summed E-state index contributed by atoms with van der Waals surface area (Å²) in [4.78, 5) is 3.46. The molecular weight excluding hydrogens is 527 g/mol. The molecule has 5 aromatic carbocycles. The normalized spacial score (nSPS) is 19.5. The minimum Gasteiger partial charge on any atom is -0.417 e. The van der Waals surface area contributed by atoms with Gasteiger partial charge in [0.1, 0.15) is 20.2 Å². The van der Waals surface area contributed by atoms with Crippen LogP contribution in [0.2, 0.25) is 0 Å². The van der Waals surface area contributed by atoms with E-state index in [9.17, 15) is 0 Å². The van der Waals surface area contributed by atoms with Crippen molar-refractivity contribution in [1.29, 1.82) is 0 Å². The molecule has 0 saturated heterocycles. The lowest BCUT2D eigenvalue weighted by Crippen LogP contribution is -2.30. The summed E-state index contributed by atoms with van der Waals surface area (Å²) in [6, 6.07) is 49.5. The Balaban J connectivity index is 1.76. The van der Waals surface area contributed by atoms with Gasteiger partial charge >= 0.3 is 7.67 Å². The van der Waals surface area contributed by atoms with E-state index in [4.69, 9.17) is 13.6 Å². The lowest BCUT2D eigenvalue weighted by atomic mass is 10.3. The van der Waals surface area contributed by atoms with E-state index in [1.807, 2.05) is 115 Å². The number of rotatable bonds is 6. The van der Waals surface area contributed by atoms with Gasteiger partial charge in [0.2, 0.25) is 0 Å². The zero-order chi connectivity index (χ0) is 25.9. The maximum absolute atomic E-state index is 15.0. The van der Waals surface area contributed by atoms with E-state index in [0.29, 0.717) is 5.75 Å². The van der Waals surface area contributed by atoms with E-state index in [-0.39, 0.29) is 0 Å². The molecule has 188 valence electrons. The van der Waals surface area contributed by atoms with Crippen molar-refractivity contribution in [3.05, 3.63) is 152 Å². The third kappa shape index (κ3) is 4.64. The van der Waals surface area contributed by atoms with E-state index in [1.165, 1.54) is 0 Å². The Hall–Kier alpha value is -3.45. The maximum atomic E-state index is 15.0. The first-order valence-electron chi connectivity index (χ1n) is 12.3. The number of nitrogens with zero attached hydrogens (tertiary/aromatic N) is 2. The molecule has 0 spiro atoms.